The van der Waals surface area contributed by atoms with Crippen LogP contribution in [0.3, 0.4) is 0 Å². The molecule has 0 saturated heterocycles. The highest BCUT2D eigenvalue weighted by Gasteiger charge is 2.42. The van der Waals surface area contributed by atoms with Crippen LogP contribution in [-0.2, 0) is 0 Å². The zero-order chi connectivity index (χ0) is 20.5. The maximum Gasteiger partial charge on any atom is 0.290 e. The van der Waals surface area contributed by atoms with Crippen LogP contribution in [0.1, 0.15) is 46.6 Å². The molecular formula is C24H23NO4. The summed E-state index contributed by atoms with van der Waals surface area (Å²) < 4.78 is 11.6. The van der Waals surface area contributed by atoms with Gasteiger partial charge in [0.1, 0.15) is 17.9 Å². The number of hydrogen-bond acceptors (Lipinski definition) is 4. The third kappa shape index (κ3) is 3.23. The summed E-state index contributed by atoms with van der Waals surface area (Å²) in [6, 6.07) is 12.4. The van der Waals surface area contributed by atoms with Gasteiger partial charge in [-0.15, -0.1) is 0 Å². The van der Waals surface area contributed by atoms with Crippen molar-refractivity contribution < 1.29 is 13.9 Å². The number of ether oxygens (including phenoxy) is 1. The van der Waals surface area contributed by atoms with Crippen LogP contribution in [0.2, 0.25) is 0 Å². The van der Waals surface area contributed by atoms with Gasteiger partial charge in [0.15, 0.2) is 5.43 Å². The number of aryl methyl sites for hydroxylation is 1. The molecule has 1 atom stereocenters. The molecule has 1 unspecified atom stereocenters. The molecule has 0 radical (unpaired) electrons. The van der Waals surface area contributed by atoms with Crippen LogP contribution in [0, 0.1) is 6.92 Å². The van der Waals surface area contributed by atoms with Crippen molar-refractivity contribution in [3.8, 4) is 5.75 Å². The Labute approximate surface area is 169 Å². The number of fused-ring (bicyclic) bond motifs is 2. The molecule has 0 bridgehead atoms. The molecule has 0 aliphatic carbocycles. The third-order valence-corrected chi connectivity index (χ3v) is 5.13. The minimum atomic E-state index is -0.495. The summed E-state index contributed by atoms with van der Waals surface area (Å²) in [4.78, 5) is 28.3. The molecule has 3 aromatic rings. The highest BCUT2D eigenvalue weighted by Crippen LogP contribution is 2.39. The van der Waals surface area contributed by atoms with Crippen LogP contribution in [-0.4, -0.2) is 24.0 Å². The first-order valence-electron chi connectivity index (χ1n) is 9.77. The third-order valence-electron chi connectivity index (χ3n) is 5.13. The first-order valence-corrected chi connectivity index (χ1v) is 9.77. The first kappa shape index (κ1) is 19.0. The first-order chi connectivity index (χ1) is 14.0. The van der Waals surface area contributed by atoms with Gasteiger partial charge in [0.05, 0.1) is 17.0 Å². The van der Waals surface area contributed by atoms with E-state index in [-0.39, 0.29) is 17.1 Å². The lowest BCUT2D eigenvalue weighted by atomic mass is 9.98. The summed E-state index contributed by atoms with van der Waals surface area (Å²) >= 11 is 0. The second kappa shape index (κ2) is 7.59. The van der Waals surface area contributed by atoms with Gasteiger partial charge in [-0.25, -0.2) is 0 Å². The van der Waals surface area contributed by atoms with Gasteiger partial charge >= 0.3 is 0 Å². The van der Waals surface area contributed by atoms with E-state index in [1.54, 1.807) is 17.0 Å². The molecule has 0 N–H and O–H groups in total. The zero-order valence-corrected chi connectivity index (χ0v) is 16.6. The lowest BCUT2D eigenvalue weighted by Gasteiger charge is -2.25. The average molecular weight is 389 g/mol. The molecule has 0 saturated carbocycles. The number of carbonyl (C=O) groups is 1. The Morgan fingerprint density at radius 3 is 2.79 bits per heavy atom. The fourth-order valence-corrected chi connectivity index (χ4v) is 3.88. The molecule has 1 aliphatic heterocycles. The molecular weight excluding hydrogens is 366 g/mol. The molecule has 1 aliphatic rings. The quantitative estimate of drug-likeness (QED) is 0.577. The molecule has 148 valence electrons. The van der Waals surface area contributed by atoms with E-state index in [1.807, 2.05) is 50.2 Å². The Morgan fingerprint density at radius 1 is 1.21 bits per heavy atom. The average Bonchev–Trinajstić information content (AvgIpc) is 3.00. The molecule has 1 amide bonds. The number of nitrogens with zero attached hydrogens (tertiary/aromatic N) is 1. The highest BCUT2D eigenvalue weighted by molar-refractivity contribution is 5.99. The van der Waals surface area contributed by atoms with Gasteiger partial charge in [-0.2, -0.15) is 0 Å². The second-order valence-corrected chi connectivity index (χ2v) is 7.25. The molecule has 29 heavy (non-hydrogen) atoms. The Kier molecular flexibility index (Phi) is 4.97. The van der Waals surface area contributed by atoms with Gasteiger partial charge in [0, 0.05) is 6.54 Å². The molecule has 0 fully saturated rings. The second-order valence-electron chi connectivity index (χ2n) is 7.25. The number of benzene rings is 2. The summed E-state index contributed by atoms with van der Waals surface area (Å²) in [6.45, 7) is 8.51. The van der Waals surface area contributed by atoms with E-state index in [0.717, 1.165) is 17.5 Å². The smallest absolute Gasteiger partial charge is 0.290 e. The van der Waals surface area contributed by atoms with Crippen molar-refractivity contribution in [2.45, 2.75) is 26.3 Å². The summed E-state index contributed by atoms with van der Waals surface area (Å²) in [6.07, 6.45) is 2.45. The minimum Gasteiger partial charge on any atom is -0.490 e. The standard InChI is InChI=1S/C24H23NO4/c1-4-11-25-21(16-7-6-8-17(14-16)28-12-5-2)20-22(26)18-13-15(3)9-10-19(18)29-23(20)24(25)27/h5-10,13-14,21H,2,4,11-12H2,1,3H3. The van der Waals surface area contributed by atoms with Gasteiger partial charge in [-0.3, -0.25) is 9.59 Å². The fourth-order valence-electron chi connectivity index (χ4n) is 3.88. The monoisotopic (exact) mass is 389 g/mol. The van der Waals surface area contributed by atoms with Crippen LogP contribution in [0.15, 0.2) is 64.3 Å². The Bertz CT molecular complexity index is 1160. The van der Waals surface area contributed by atoms with Crippen molar-refractivity contribution in [3.63, 3.8) is 0 Å². The van der Waals surface area contributed by atoms with Crippen LogP contribution in [0.4, 0.5) is 0 Å². The summed E-state index contributed by atoms with van der Waals surface area (Å²) in [5.41, 5.74) is 2.48. The molecule has 5 heteroatoms. The van der Waals surface area contributed by atoms with E-state index in [2.05, 4.69) is 6.58 Å². The van der Waals surface area contributed by atoms with Crippen LogP contribution < -0.4 is 10.2 Å². The Hall–Kier alpha value is -3.34. The Balaban J connectivity index is 1.93. The minimum absolute atomic E-state index is 0.141. The van der Waals surface area contributed by atoms with E-state index in [0.29, 0.717) is 35.4 Å². The van der Waals surface area contributed by atoms with E-state index in [4.69, 9.17) is 9.15 Å². The van der Waals surface area contributed by atoms with Crippen molar-refractivity contribution in [1.82, 2.24) is 4.90 Å². The van der Waals surface area contributed by atoms with Gasteiger partial charge in [0.25, 0.3) is 5.91 Å². The molecule has 0 spiro atoms. The molecule has 5 nitrogen and oxygen atoms in total. The maximum absolute atomic E-state index is 13.4. The summed E-state index contributed by atoms with van der Waals surface area (Å²) in [5, 5.41) is 0.499. The molecule has 1 aromatic heterocycles. The van der Waals surface area contributed by atoms with E-state index in [1.165, 1.54) is 0 Å². The van der Waals surface area contributed by atoms with Crippen LogP contribution in [0.5, 0.6) is 5.75 Å². The predicted octanol–water partition coefficient (Wildman–Crippen LogP) is 4.62. The summed E-state index contributed by atoms with van der Waals surface area (Å²) in [7, 11) is 0. The van der Waals surface area contributed by atoms with Crippen LogP contribution >= 0.6 is 0 Å². The van der Waals surface area contributed by atoms with Gasteiger partial charge in [-0.1, -0.05) is 43.3 Å². The fraction of sp³-hybridized carbons (Fsp3) is 0.250. The van der Waals surface area contributed by atoms with E-state index < -0.39 is 6.04 Å². The van der Waals surface area contributed by atoms with Crippen molar-refractivity contribution in [2.24, 2.45) is 0 Å². The SMILES string of the molecule is C=CCOc1cccc(C2c3c(oc4ccc(C)cc4c3=O)C(=O)N2CCC)c1. The molecule has 4 rings (SSSR count). The van der Waals surface area contributed by atoms with Crippen molar-refractivity contribution in [2.75, 3.05) is 13.2 Å². The van der Waals surface area contributed by atoms with Crippen molar-refractivity contribution >= 4 is 16.9 Å². The topological polar surface area (TPSA) is 59.8 Å². The lowest BCUT2D eigenvalue weighted by Crippen LogP contribution is -2.30. The highest BCUT2D eigenvalue weighted by atomic mass is 16.5. The molecule has 2 aromatic carbocycles. The van der Waals surface area contributed by atoms with E-state index >= 15 is 0 Å². The number of amides is 1. The number of rotatable bonds is 6. The number of carbonyl (C=O) groups excluding carboxylic acids is 1. The maximum atomic E-state index is 13.4. The van der Waals surface area contributed by atoms with Gasteiger partial charge < -0.3 is 14.1 Å². The molecule has 2 heterocycles. The lowest BCUT2D eigenvalue weighted by molar-refractivity contribution is 0.0728. The van der Waals surface area contributed by atoms with Gasteiger partial charge in [-0.05, 0) is 43.2 Å². The summed E-state index contributed by atoms with van der Waals surface area (Å²) in [5.74, 6) is 0.562. The largest absolute Gasteiger partial charge is 0.490 e. The Morgan fingerprint density at radius 2 is 2.03 bits per heavy atom. The van der Waals surface area contributed by atoms with Gasteiger partial charge in [0.2, 0.25) is 5.76 Å². The normalized spacial score (nSPS) is 15.6. The zero-order valence-electron chi connectivity index (χ0n) is 16.6. The predicted molar refractivity (Wildman–Crippen MR) is 113 cm³/mol. The van der Waals surface area contributed by atoms with E-state index in [9.17, 15) is 9.59 Å². The number of hydrogen-bond donors (Lipinski definition) is 0. The van der Waals surface area contributed by atoms with Crippen molar-refractivity contribution in [3.05, 3.63) is 87.8 Å². The van der Waals surface area contributed by atoms with Crippen LogP contribution in [0.25, 0.3) is 11.0 Å². The van der Waals surface area contributed by atoms with Crippen molar-refractivity contribution in [1.29, 1.82) is 0 Å².